The molecule has 2 heterocycles. The monoisotopic (exact) mass is 401 g/mol. The molecular weight excluding hydrogens is 383 g/mol. The van der Waals surface area contributed by atoms with E-state index in [9.17, 15) is 18.0 Å². The van der Waals surface area contributed by atoms with Crippen LogP contribution >= 0.6 is 0 Å². The van der Waals surface area contributed by atoms with E-state index in [1.807, 2.05) is 0 Å². The van der Waals surface area contributed by atoms with Crippen molar-refractivity contribution in [2.45, 2.75) is 26.1 Å². The summed E-state index contributed by atoms with van der Waals surface area (Å²) in [6.07, 6.45) is 3.01. The number of aromatic nitrogens is 4. The minimum Gasteiger partial charge on any atom is -0.333 e. The molecule has 0 spiro atoms. The molecule has 1 unspecified atom stereocenters. The van der Waals surface area contributed by atoms with Gasteiger partial charge in [0, 0.05) is 37.4 Å². The van der Waals surface area contributed by atoms with Gasteiger partial charge in [-0.1, -0.05) is 0 Å². The summed E-state index contributed by atoms with van der Waals surface area (Å²) in [5.74, 6) is -0.553. The summed E-state index contributed by atoms with van der Waals surface area (Å²) < 4.78 is 39.4. The van der Waals surface area contributed by atoms with Crippen LogP contribution in [0.2, 0.25) is 0 Å². The number of hydrogen-bond donors (Lipinski definition) is 0. The molecule has 0 saturated carbocycles. The van der Waals surface area contributed by atoms with Crippen molar-refractivity contribution >= 4 is 5.91 Å². The van der Waals surface area contributed by atoms with E-state index >= 15 is 0 Å². The Morgan fingerprint density at radius 2 is 1.72 bits per heavy atom. The van der Waals surface area contributed by atoms with Crippen LogP contribution in [-0.4, -0.2) is 37.8 Å². The SMILES string of the molecule is Cc1cc(C(=O)N(C)C(C)c2nccnc2-c2cnccn2)cc(C(F)(F)F)c1. The van der Waals surface area contributed by atoms with E-state index < -0.39 is 23.7 Å². The molecule has 9 heteroatoms. The van der Waals surface area contributed by atoms with Gasteiger partial charge in [0.15, 0.2) is 0 Å². The lowest BCUT2D eigenvalue weighted by atomic mass is 10.0. The molecule has 0 saturated heterocycles. The van der Waals surface area contributed by atoms with Crippen LogP contribution in [0.15, 0.2) is 49.2 Å². The number of hydrogen-bond acceptors (Lipinski definition) is 5. The molecule has 1 amide bonds. The zero-order valence-corrected chi connectivity index (χ0v) is 16.0. The van der Waals surface area contributed by atoms with Gasteiger partial charge in [-0.2, -0.15) is 13.2 Å². The summed E-state index contributed by atoms with van der Waals surface area (Å²) in [5.41, 5.74) is 0.848. The number of rotatable bonds is 4. The van der Waals surface area contributed by atoms with Crippen LogP contribution < -0.4 is 0 Å². The molecule has 29 heavy (non-hydrogen) atoms. The maximum atomic E-state index is 13.1. The van der Waals surface area contributed by atoms with E-state index in [0.717, 1.165) is 12.1 Å². The van der Waals surface area contributed by atoms with Crippen molar-refractivity contribution in [2.75, 3.05) is 7.05 Å². The Morgan fingerprint density at radius 3 is 2.38 bits per heavy atom. The fourth-order valence-electron chi connectivity index (χ4n) is 2.91. The standard InChI is InChI=1S/C20H18F3N5O/c1-12-8-14(10-15(9-12)20(21,22)23)19(29)28(3)13(2)17-18(27-7-6-26-17)16-11-24-4-5-25-16/h4-11,13H,1-3H3. The van der Waals surface area contributed by atoms with E-state index in [1.54, 1.807) is 6.92 Å². The second kappa shape index (κ2) is 7.94. The van der Waals surface area contributed by atoms with Gasteiger partial charge in [-0.15, -0.1) is 0 Å². The zero-order valence-electron chi connectivity index (χ0n) is 16.0. The normalized spacial score (nSPS) is 12.5. The number of benzene rings is 1. The molecule has 3 rings (SSSR count). The third-order valence-corrected chi connectivity index (χ3v) is 4.48. The fraction of sp³-hybridized carbons (Fsp3) is 0.250. The van der Waals surface area contributed by atoms with Crippen molar-refractivity contribution < 1.29 is 18.0 Å². The highest BCUT2D eigenvalue weighted by atomic mass is 19.4. The van der Waals surface area contributed by atoms with E-state index in [1.165, 1.54) is 55.9 Å². The van der Waals surface area contributed by atoms with E-state index in [4.69, 9.17) is 0 Å². The molecule has 0 radical (unpaired) electrons. The number of carbonyl (C=O) groups is 1. The van der Waals surface area contributed by atoms with Gasteiger partial charge < -0.3 is 4.90 Å². The van der Waals surface area contributed by atoms with Crippen LogP contribution in [0, 0.1) is 6.92 Å². The van der Waals surface area contributed by atoms with Gasteiger partial charge in [-0.3, -0.25) is 24.7 Å². The molecule has 0 aliphatic heterocycles. The second-order valence-electron chi connectivity index (χ2n) is 6.56. The number of alkyl halides is 3. The smallest absolute Gasteiger partial charge is 0.333 e. The van der Waals surface area contributed by atoms with Crippen molar-refractivity contribution in [1.29, 1.82) is 0 Å². The summed E-state index contributed by atoms with van der Waals surface area (Å²) in [5, 5.41) is 0. The van der Waals surface area contributed by atoms with Crippen molar-refractivity contribution in [3.05, 3.63) is 71.6 Å². The van der Waals surface area contributed by atoms with Gasteiger partial charge >= 0.3 is 6.18 Å². The van der Waals surface area contributed by atoms with Crippen molar-refractivity contribution in [1.82, 2.24) is 24.8 Å². The number of nitrogens with zero attached hydrogens (tertiary/aromatic N) is 5. The Balaban J connectivity index is 1.95. The zero-order chi connectivity index (χ0) is 21.2. The molecule has 1 atom stereocenters. The van der Waals surface area contributed by atoms with Crippen molar-refractivity contribution in [2.24, 2.45) is 0 Å². The first-order valence-corrected chi connectivity index (χ1v) is 8.72. The Morgan fingerprint density at radius 1 is 1.03 bits per heavy atom. The van der Waals surface area contributed by atoms with Crippen LogP contribution in [-0.2, 0) is 6.18 Å². The molecular formula is C20H18F3N5O. The molecule has 0 aliphatic carbocycles. The molecule has 0 bridgehead atoms. The molecule has 0 fully saturated rings. The number of amides is 1. The van der Waals surface area contributed by atoms with E-state index in [-0.39, 0.29) is 5.56 Å². The van der Waals surface area contributed by atoms with Crippen LogP contribution in [0.3, 0.4) is 0 Å². The van der Waals surface area contributed by atoms with Gasteiger partial charge in [0.2, 0.25) is 0 Å². The average Bonchev–Trinajstić information content (AvgIpc) is 2.71. The second-order valence-corrected chi connectivity index (χ2v) is 6.56. The molecule has 1 aromatic carbocycles. The fourth-order valence-corrected chi connectivity index (χ4v) is 2.91. The highest BCUT2D eigenvalue weighted by Gasteiger charge is 2.32. The minimum absolute atomic E-state index is 0.0448. The average molecular weight is 401 g/mol. The summed E-state index contributed by atoms with van der Waals surface area (Å²) in [4.78, 5) is 31.1. The maximum Gasteiger partial charge on any atom is 0.416 e. The largest absolute Gasteiger partial charge is 0.416 e. The lowest BCUT2D eigenvalue weighted by Gasteiger charge is -2.26. The van der Waals surface area contributed by atoms with Gasteiger partial charge in [-0.25, -0.2) is 0 Å². The third-order valence-electron chi connectivity index (χ3n) is 4.48. The maximum absolute atomic E-state index is 13.1. The summed E-state index contributed by atoms with van der Waals surface area (Å²) >= 11 is 0. The summed E-state index contributed by atoms with van der Waals surface area (Å²) in [7, 11) is 1.51. The van der Waals surface area contributed by atoms with Crippen LogP contribution in [0.25, 0.3) is 11.4 Å². The first-order chi connectivity index (χ1) is 13.7. The molecule has 2 aromatic heterocycles. The highest BCUT2D eigenvalue weighted by molar-refractivity contribution is 5.94. The third kappa shape index (κ3) is 4.39. The number of halogens is 3. The lowest BCUT2D eigenvalue weighted by Crippen LogP contribution is -2.31. The Hall–Kier alpha value is -3.36. The van der Waals surface area contributed by atoms with Gasteiger partial charge in [0.1, 0.15) is 11.4 Å². The van der Waals surface area contributed by atoms with Gasteiger partial charge in [0.05, 0.1) is 23.5 Å². The Kier molecular flexibility index (Phi) is 5.58. The Bertz CT molecular complexity index is 1020. The highest BCUT2D eigenvalue weighted by Crippen LogP contribution is 2.32. The summed E-state index contributed by atoms with van der Waals surface area (Å²) in [6, 6.07) is 2.73. The first-order valence-electron chi connectivity index (χ1n) is 8.72. The molecule has 0 N–H and O–H groups in total. The van der Waals surface area contributed by atoms with Crippen molar-refractivity contribution in [3.8, 4) is 11.4 Å². The van der Waals surface area contributed by atoms with Crippen LogP contribution in [0.4, 0.5) is 13.2 Å². The quantitative estimate of drug-likeness (QED) is 0.658. The van der Waals surface area contributed by atoms with Crippen molar-refractivity contribution in [3.63, 3.8) is 0 Å². The molecule has 0 aliphatic rings. The minimum atomic E-state index is -4.53. The van der Waals surface area contributed by atoms with Gasteiger partial charge in [0.25, 0.3) is 5.91 Å². The van der Waals surface area contributed by atoms with Crippen LogP contribution in [0.5, 0.6) is 0 Å². The lowest BCUT2D eigenvalue weighted by molar-refractivity contribution is -0.137. The first kappa shape index (κ1) is 20.4. The predicted octanol–water partition coefficient (Wildman–Crippen LogP) is 4.09. The topological polar surface area (TPSA) is 71.9 Å². The predicted molar refractivity (Wildman–Crippen MR) is 99.7 cm³/mol. The van der Waals surface area contributed by atoms with E-state index in [0.29, 0.717) is 22.6 Å². The number of carbonyl (C=O) groups excluding carboxylic acids is 1. The summed E-state index contributed by atoms with van der Waals surface area (Å²) in [6.45, 7) is 3.24. The van der Waals surface area contributed by atoms with E-state index in [2.05, 4.69) is 19.9 Å². The van der Waals surface area contributed by atoms with Gasteiger partial charge in [-0.05, 0) is 37.6 Å². The molecule has 6 nitrogen and oxygen atoms in total. The number of aryl methyl sites for hydroxylation is 1. The molecule has 150 valence electrons. The molecule has 3 aromatic rings. The Labute approximate surface area is 165 Å². The van der Waals surface area contributed by atoms with Crippen LogP contribution in [0.1, 0.15) is 40.1 Å².